The summed E-state index contributed by atoms with van der Waals surface area (Å²) >= 11 is 6.33. The van der Waals surface area contributed by atoms with E-state index in [1.54, 1.807) is 24.3 Å². The molecule has 1 saturated carbocycles. The molecule has 3 fully saturated rings. The number of amides is 1. The van der Waals surface area contributed by atoms with Crippen LogP contribution in [0, 0.1) is 12.3 Å². The molecule has 9 nitrogen and oxygen atoms in total. The summed E-state index contributed by atoms with van der Waals surface area (Å²) in [6, 6.07) is 18.0. The van der Waals surface area contributed by atoms with Gasteiger partial charge in [-0.3, -0.25) is 4.79 Å². The monoisotopic (exact) mass is 652 g/mol. The fraction of sp³-hybridized carbons (Fsp3) is 0.471. The van der Waals surface area contributed by atoms with Gasteiger partial charge in [-0.25, -0.2) is 9.71 Å². The fourth-order valence-corrected chi connectivity index (χ4v) is 7.38. The molecule has 0 spiro atoms. The minimum absolute atomic E-state index is 0.247. The molecule has 2 aromatic carbocycles. The van der Waals surface area contributed by atoms with E-state index in [0.717, 1.165) is 42.7 Å². The van der Waals surface area contributed by atoms with E-state index in [1.807, 2.05) is 42.2 Å². The van der Waals surface area contributed by atoms with Gasteiger partial charge in [0.15, 0.2) is 10.6 Å². The highest BCUT2D eigenvalue weighted by atomic mass is 35.5. The van der Waals surface area contributed by atoms with Crippen LogP contribution in [0.2, 0.25) is 5.02 Å². The number of benzene rings is 2. The molecule has 2 N–H and O–H groups in total. The van der Waals surface area contributed by atoms with E-state index in [1.165, 1.54) is 6.07 Å². The van der Waals surface area contributed by atoms with Crippen LogP contribution in [-0.2, 0) is 20.4 Å². The Hall–Kier alpha value is -3.34. The number of aryl methyl sites for hydroxylation is 1. The maximum atomic E-state index is 13.5. The highest BCUT2D eigenvalue weighted by Crippen LogP contribution is 2.45. The molecule has 1 amide bonds. The lowest BCUT2D eigenvalue weighted by Gasteiger charge is -2.39. The molecular weight excluding hydrogens is 612 g/mol. The van der Waals surface area contributed by atoms with Crippen molar-refractivity contribution in [3.05, 3.63) is 76.8 Å². The molecule has 6 rings (SSSR count). The van der Waals surface area contributed by atoms with Crippen molar-refractivity contribution in [2.45, 2.75) is 75.5 Å². The summed E-state index contributed by atoms with van der Waals surface area (Å²) < 4.78 is 35.4. The summed E-state index contributed by atoms with van der Waals surface area (Å²) in [5, 5.41) is 11.5. The number of carbonyl (C=O) groups is 1. The van der Waals surface area contributed by atoms with Gasteiger partial charge in [-0.1, -0.05) is 61.3 Å². The lowest BCUT2D eigenvalue weighted by molar-refractivity contribution is -0.127. The van der Waals surface area contributed by atoms with Crippen LogP contribution >= 0.6 is 11.6 Å². The van der Waals surface area contributed by atoms with Crippen molar-refractivity contribution >= 4 is 39.0 Å². The largest absolute Gasteiger partial charge is 0.475 e. The van der Waals surface area contributed by atoms with Gasteiger partial charge in [0.25, 0.3) is 15.9 Å². The third-order valence-corrected chi connectivity index (χ3v) is 11.0. The van der Waals surface area contributed by atoms with E-state index in [4.69, 9.17) is 16.3 Å². The van der Waals surface area contributed by atoms with Crippen molar-refractivity contribution in [1.29, 1.82) is 0 Å². The number of anilines is 2. The zero-order valence-corrected chi connectivity index (χ0v) is 27.6. The van der Waals surface area contributed by atoms with E-state index in [0.29, 0.717) is 55.4 Å². The van der Waals surface area contributed by atoms with E-state index >= 15 is 0 Å². The molecule has 3 aliphatic rings. The molecule has 2 saturated heterocycles. The lowest BCUT2D eigenvalue weighted by atomic mass is 9.82. The number of aromatic nitrogens is 1. The highest BCUT2D eigenvalue weighted by molar-refractivity contribution is 7.90. The smallest absolute Gasteiger partial charge is 0.281 e. The number of halogens is 1. The van der Waals surface area contributed by atoms with Crippen LogP contribution in [0.15, 0.2) is 65.7 Å². The first-order valence-corrected chi connectivity index (χ1v) is 17.5. The SMILES string of the molecule is Cc1cccc(C2(O)CCN(c3cccc(S(=O)(=O)NC(=O)C4(Oc5cc(Cl)ccc5N5CCC(C)(C)CC5)CC4)n3)CC2)c1. The lowest BCUT2D eigenvalue weighted by Crippen LogP contribution is -2.44. The van der Waals surface area contributed by atoms with Crippen LogP contribution in [0.5, 0.6) is 5.75 Å². The fourth-order valence-electron chi connectivity index (χ4n) is 6.21. The van der Waals surface area contributed by atoms with Crippen molar-refractivity contribution in [3.63, 3.8) is 0 Å². The second-order valence-corrected chi connectivity index (χ2v) is 15.6. The highest BCUT2D eigenvalue weighted by Gasteiger charge is 2.54. The van der Waals surface area contributed by atoms with Gasteiger partial charge in [-0.05, 0) is 67.9 Å². The van der Waals surface area contributed by atoms with Crippen LogP contribution in [-0.4, -0.2) is 56.2 Å². The number of nitrogens with zero attached hydrogens (tertiary/aromatic N) is 3. The van der Waals surface area contributed by atoms with Crippen LogP contribution in [0.1, 0.15) is 63.5 Å². The number of ether oxygens (including phenoxy) is 1. The summed E-state index contributed by atoms with van der Waals surface area (Å²) in [4.78, 5) is 22.1. The Morgan fingerprint density at radius 2 is 1.58 bits per heavy atom. The summed E-state index contributed by atoms with van der Waals surface area (Å²) in [5.74, 6) is 0.229. The molecule has 0 bridgehead atoms. The van der Waals surface area contributed by atoms with Crippen LogP contribution in [0.4, 0.5) is 11.5 Å². The molecule has 3 heterocycles. The van der Waals surface area contributed by atoms with Crippen molar-refractivity contribution in [3.8, 4) is 5.75 Å². The number of hydrogen-bond donors (Lipinski definition) is 2. The summed E-state index contributed by atoms with van der Waals surface area (Å²) in [6.45, 7) is 9.22. The van der Waals surface area contributed by atoms with Gasteiger partial charge in [0.05, 0.1) is 11.3 Å². The summed E-state index contributed by atoms with van der Waals surface area (Å²) in [7, 11) is -4.28. The van der Waals surface area contributed by atoms with Gasteiger partial charge in [-0.15, -0.1) is 0 Å². The summed E-state index contributed by atoms with van der Waals surface area (Å²) in [6.07, 6.45) is 3.78. The first-order chi connectivity index (χ1) is 21.3. The Kier molecular flexibility index (Phi) is 8.29. The Labute approximate surface area is 270 Å². The number of pyridine rings is 1. The Bertz CT molecular complexity index is 1690. The van der Waals surface area contributed by atoms with Crippen LogP contribution < -0.4 is 19.3 Å². The van der Waals surface area contributed by atoms with E-state index < -0.39 is 27.1 Å². The third-order valence-electron chi connectivity index (χ3n) is 9.48. The molecule has 240 valence electrons. The first-order valence-electron chi connectivity index (χ1n) is 15.6. The number of hydrogen-bond acceptors (Lipinski definition) is 8. The summed E-state index contributed by atoms with van der Waals surface area (Å²) in [5.41, 5.74) is 0.832. The second-order valence-electron chi connectivity index (χ2n) is 13.5. The molecule has 1 aromatic heterocycles. The molecule has 0 unspecified atom stereocenters. The van der Waals surface area contributed by atoms with Gasteiger partial charge in [-0.2, -0.15) is 8.42 Å². The molecule has 45 heavy (non-hydrogen) atoms. The van der Waals surface area contributed by atoms with Crippen molar-refractivity contribution in [2.24, 2.45) is 5.41 Å². The van der Waals surface area contributed by atoms with E-state index in [2.05, 4.69) is 28.5 Å². The molecule has 0 atom stereocenters. The zero-order chi connectivity index (χ0) is 32.0. The molecule has 3 aromatic rings. The van der Waals surface area contributed by atoms with Crippen molar-refractivity contribution < 1.29 is 23.1 Å². The van der Waals surface area contributed by atoms with Gasteiger partial charge in [0.1, 0.15) is 11.6 Å². The molecule has 0 radical (unpaired) electrons. The standard InChI is InChI=1S/C34H41ClN4O5S/c1-24-6-4-7-25(22-24)33(41)16-20-39(21-17-33)29-8-5-9-30(36-29)45(42,43)37-31(40)34(12-13-34)44-28-23-26(35)10-11-27(28)38-18-14-32(2,3)15-19-38/h4-11,22-23,41H,12-21H2,1-3H3,(H,37,40). The molecule has 2 aliphatic heterocycles. The van der Waals surface area contributed by atoms with E-state index in [-0.39, 0.29) is 10.4 Å². The Morgan fingerprint density at radius 3 is 2.24 bits per heavy atom. The molecule has 11 heteroatoms. The van der Waals surface area contributed by atoms with Gasteiger partial charge in [0, 0.05) is 50.1 Å². The van der Waals surface area contributed by atoms with Gasteiger partial charge in [0.2, 0.25) is 0 Å². The topological polar surface area (TPSA) is 112 Å². The van der Waals surface area contributed by atoms with Gasteiger partial charge >= 0.3 is 0 Å². The Morgan fingerprint density at radius 1 is 0.911 bits per heavy atom. The Balaban J connectivity index is 1.14. The number of sulfonamides is 1. The number of aliphatic hydroxyl groups is 1. The average Bonchev–Trinajstić information content (AvgIpc) is 3.79. The average molecular weight is 653 g/mol. The first kappa shape index (κ1) is 31.6. The molecule has 1 aliphatic carbocycles. The number of carbonyl (C=O) groups excluding carboxylic acids is 1. The van der Waals surface area contributed by atoms with Crippen LogP contribution in [0.25, 0.3) is 0 Å². The van der Waals surface area contributed by atoms with Crippen molar-refractivity contribution in [2.75, 3.05) is 36.0 Å². The number of nitrogens with one attached hydrogen (secondary N) is 1. The third kappa shape index (κ3) is 6.78. The minimum atomic E-state index is -4.28. The zero-order valence-electron chi connectivity index (χ0n) is 26.1. The van der Waals surface area contributed by atoms with Gasteiger partial charge < -0.3 is 19.6 Å². The predicted octanol–water partition coefficient (Wildman–Crippen LogP) is 5.57. The maximum absolute atomic E-state index is 13.5. The normalized spacial score (nSPS) is 20.4. The van der Waals surface area contributed by atoms with Crippen LogP contribution in [0.3, 0.4) is 0 Å². The number of rotatable bonds is 8. The second kappa shape index (κ2) is 11.8. The minimum Gasteiger partial charge on any atom is -0.475 e. The quantitative estimate of drug-likeness (QED) is 0.325. The van der Waals surface area contributed by atoms with Crippen molar-refractivity contribution in [1.82, 2.24) is 9.71 Å². The van der Waals surface area contributed by atoms with E-state index in [9.17, 15) is 18.3 Å². The maximum Gasteiger partial charge on any atom is 0.281 e. The predicted molar refractivity (Wildman–Crippen MR) is 175 cm³/mol. The molecular formula is C34H41ClN4O5S. The number of piperidine rings is 2.